The van der Waals surface area contributed by atoms with E-state index in [-0.39, 0.29) is 17.1 Å². The molecular weight excluding hydrogens is 310 g/mol. The zero-order valence-electron chi connectivity index (χ0n) is 15.5. The Morgan fingerprint density at radius 3 is 2.60 bits per heavy atom. The Morgan fingerprint density at radius 1 is 1.24 bits per heavy atom. The maximum Gasteiger partial charge on any atom is 0.228 e. The number of hydrogen-bond acceptors (Lipinski definition) is 2. The number of rotatable bonds is 3. The maximum atomic E-state index is 12.8. The van der Waals surface area contributed by atoms with Crippen molar-refractivity contribution in [2.75, 3.05) is 7.11 Å². The summed E-state index contributed by atoms with van der Waals surface area (Å²) in [4.78, 5) is 16.4. The molecule has 0 saturated heterocycles. The molecule has 0 unspecified atom stereocenters. The van der Waals surface area contributed by atoms with Gasteiger partial charge in [-0.15, -0.1) is 0 Å². The molecule has 3 nitrogen and oxygen atoms in total. The summed E-state index contributed by atoms with van der Waals surface area (Å²) in [6.45, 7) is 11.9. The molecule has 2 aliphatic rings. The molecule has 0 radical (unpaired) electrons. The Morgan fingerprint density at radius 2 is 1.96 bits per heavy atom. The fraction of sp³-hybridized carbons (Fsp3) is 0.545. The zero-order valence-corrected chi connectivity index (χ0v) is 15.5. The number of ether oxygens (including phenoxy) is 1. The van der Waals surface area contributed by atoms with Crippen molar-refractivity contribution in [2.45, 2.75) is 58.8 Å². The Kier molecular flexibility index (Phi) is 4.99. The van der Waals surface area contributed by atoms with Gasteiger partial charge in [-0.1, -0.05) is 33.1 Å². The van der Waals surface area contributed by atoms with E-state index in [1.54, 1.807) is 7.11 Å². The van der Waals surface area contributed by atoms with Crippen molar-refractivity contribution in [1.29, 1.82) is 0 Å². The van der Waals surface area contributed by atoms with Crippen LogP contribution in [0.5, 0.6) is 5.75 Å². The number of benzene rings is 1. The Bertz CT molecular complexity index is 746. The third-order valence-electron chi connectivity index (χ3n) is 5.53. The highest BCUT2D eigenvalue weighted by Crippen LogP contribution is 2.45. The van der Waals surface area contributed by atoms with Crippen molar-refractivity contribution in [2.24, 2.45) is 11.3 Å². The van der Waals surface area contributed by atoms with E-state index in [4.69, 9.17) is 11.3 Å². The summed E-state index contributed by atoms with van der Waals surface area (Å²) in [7, 11) is 1.60. The molecule has 1 aromatic carbocycles. The first kappa shape index (κ1) is 17.7. The molecule has 1 aromatic rings. The Labute approximate surface area is 150 Å². The van der Waals surface area contributed by atoms with Crippen molar-refractivity contribution in [3.63, 3.8) is 0 Å². The fourth-order valence-corrected chi connectivity index (χ4v) is 4.30. The van der Waals surface area contributed by atoms with Gasteiger partial charge in [0.1, 0.15) is 5.75 Å². The van der Waals surface area contributed by atoms with Gasteiger partial charge in [-0.05, 0) is 66.0 Å². The van der Waals surface area contributed by atoms with E-state index in [1.165, 1.54) is 24.8 Å². The molecule has 0 bridgehead atoms. The van der Waals surface area contributed by atoms with Crippen LogP contribution in [-0.2, 0) is 11.2 Å². The second-order valence-electron chi connectivity index (χ2n) is 8.22. The third kappa shape index (κ3) is 3.79. The molecule has 1 saturated carbocycles. The molecule has 0 spiro atoms. The van der Waals surface area contributed by atoms with Crippen molar-refractivity contribution >= 4 is 17.0 Å². The molecule has 25 heavy (non-hydrogen) atoms. The number of hydrogen-bond donors (Lipinski definition) is 0. The number of ketones is 1. The highest BCUT2D eigenvalue weighted by molar-refractivity contribution is 5.99. The molecule has 0 N–H and O–H groups in total. The van der Waals surface area contributed by atoms with Gasteiger partial charge in [-0.2, -0.15) is 0 Å². The largest absolute Gasteiger partial charge is 0.508 e. The van der Waals surface area contributed by atoms with Crippen LogP contribution < -0.4 is 4.74 Å². The van der Waals surface area contributed by atoms with Crippen molar-refractivity contribution < 1.29 is 9.53 Å². The van der Waals surface area contributed by atoms with Gasteiger partial charge in [-0.3, -0.25) is 4.79 Å². The molecule has 3 heteroatoms. The smallest absolute Gasteiger partial charge is 0.228 e. The lowest BCUT2D eigenvalue weighted by molar-refractivity contribution is -0.119. The summed E-state index contributed by atoms with van der Waals surface area (Å²) in [6.07, 6.45) is 9.33. The fourth-order valence-electron chi connectivity index (χ4n) is 4.30. The lowest BCUT2D eigenvalue weighted by Gasteiger charge is -2.34. The van der Waals surface area contributed by atoms with Gasteiger partial charge in [0.25, 0.3) is 0 Å². The van der Waals surface area contributed by atoms with Crippen LogP contribution in [0, 0.1) is 17.9 Å². The minimum absolute atomic E-state index is 0.107. The number of carbonyl (C=O) groups is 1. The minimum atomic E-state index is 0.107. The van der Waals surface area contributed by atoms with Gasteiger partial charge in [0.05, 0.1) is 13.7 Å². The van der Waals surface area contributed by atoms with Gasteiger partial charge in [-0.25, -0.2) is 4.85 Å². The second-order valence-corrected chi connectivity index (χ2v) is 8.22. The molecule has 1 fully saturated rings. The van der Waals surface area contributed by atoms with E-state index in [0.29, 0.717) is 11.4 Å². The molecule has 2 aliphatic carbocycles. The first-order valence-corrected chi connectivity index (χ1v) is 9.27. The summed E-state index contributed by atoms with van der Waals surface area (Å²) >= 11 is 0. The third-order valence-corrected chi connectivity index (χ3v) is 5.53. The summed E-state index contributed by atoms with van der Waals surface area (Å²) < 4.78 is 5.38. The molecule has 0 aliphatic heterocycles. The predicted octanol–water partition coefficient (Wildman–Crippen LogP) is 5.75. The lowest BCUT2D eigenvalue weighted by Crippen LogP contribution is -2.23. The number of fused-ring (bicyclic) bond motifs is 1. The van der Waals surface area contributed by atoms with E-state index in [1.807, 2.05) is 18.2 Å². The monoisotopic (exact) mass is 337 g/mol. The molecule has 0 amide bonds. The van der Waals surface area contributed by atoms with E-state index < -0.39 is 0 Å². The number of nitrogens with zero attached hydrogens (tertiary/aromatic N) is 1. The maximum absolute atomic E-state index is 12.8. The number of allylic oxidation sites excluding steroid dienone is 2. The van der Waals surface area contributed by atoms with Gasteiger partial charge >= 0.3 is 0 Å². The Hall–Kier alpha value is -2.08. The highest BCUT2D eigenvalue weighted by atomic mass is 16.5. The molecule has 0 atom stereocenters. The van der Waals surface area contributed by atoms with Crippen LogP contribution in [0.2, 0.25) is 0 Å². The van der Waals surface area contributed by atoms with Gasteiger partial charge in [0.15, 0.2) is 5.78 Å². The Balaban J connectivity index is 2.01. The first-order valence-electron chi connectivity index (χ1n) is 9.27. The van der Waals surface area contributed by atoms with Crippen LogP contribution in [0.25, 0.3) is 10.4 Å². The molecule has 0 aromatic heterocycles. The summed E-state index contributed by atoms with van der Waals surface area (Å²) in [5.41, 5.74) is 3.97. The van der Waals surface area contributed by atoms with Crippen LogP contribution in [-0.4, -0.2) is 12.9 Å². The molecular formula is C22H27NO2. The summed E-state index contributed by atoms with van der Waals surface area (Å²) in [6, 6.07) is 3.90. The quantitative estimate of drug-likeness (QED) is 0.519. The summed E-state index contributed by atoms with van der Waals surface area (Å²) in [5, 5.41) is 0. The van der Waals surface area contributed by atoms with E-state index in [2.05, 4.69) is 18.7 Å². The first-order chi connectivity index (χ1) is 11.9. The van der Waals surface area contributed by atoms with Crippen molar-refractivity contribution in [3.8, 4) is 5.75 Å². The van der Waals surface area contributed by atoms with Crippen LogP contribution in [0.1, 0.15) is 63.5 Å². The van der Waals surface area contributed by atoms with Crippen LogP contribution in [0.3, 0.4) is 0 Å². The zero-order chi connectivity index (χ0) is 18.0. The van der Waals surface area contributed by atoms with Crippen LogP contribution in [0.15, 0.2) is 18.2 Å². The van der Waals surface area contributed by atoms with Crippen molar-refractivity contribution in [1.82, 2.24) is 0 Å². The average molecular weight is 337 g/mol. The van der Waals surface area contributed by atoms with Crippen LogP contribution >= 0.6 is 0 Å². The molecule has 132 valence electrons. The molecule has 3 rings (SSSR count). The topological polar surface area (TPSA) is 30.7 Å². The van der Waals surface area contributed by atoms with Gasteiger partial charge in [0, 0.05) is 5.92 Å². The van der Waals surface area contributed by atoms with Gasteiger partial charge in [0.2, 0.25) is 5.69 Å². The van der Waals surface area contributed by atoms with Gasteiger partial charge < -0.3 is 4.74 Å². The average Bonchev–Trinajstić information content (AvgIpc) is 2.60. The van der Waals surface area contributed by atoms with E-state index >= 15 is 0 Å². The van der Waals surface area contributed by atoms with Crippen LogP contribution in [0.4, 0.5) is 5.69 Å². The predicted molar refractivity (Wildman–Crippen MR) is 101 cm³/mol. The standard InChI is InChI=1S/C22H27NO2/c1-22(2)13-16(10-20(24)15-8-6-5-7-9-15)18-12-19(23-3)21(25-4)11-17(18)14-22/h10-12,15H,5-9,13-14H2,1-2,4H3/b16-10+. The summed E-state index contributed by atoms with van der Waals surface area (Å²) in [5.74, 6) is 1.09. The second kappa shape index (κ2) is 7.04. The SMILES string of the molecule is [C-]#[N+]c1cc2c(cc1OC)CC(C)(C)C/C2=C\C(=O)C1CCCCC1. The lowest BCUT2D eigenvalue weighted by atomic mass is 9.71. The normalized spacial score (nSPS) is 21.4. The number of methoxy groups -OCH3 is 1. The minimum Gasteiger partial charge on any atom is -0.508 e. The van der Waals surface area contributed by atoms with E-state index in [0.717, 1.165) is 36.8 Å². The molecule has 0 heterocycles. The highest BCUT2D eigenvalue weighted by Gasteiger charge is 2.31. The van der Waals surface area contributed by atoms with E-state index in [9.17, 15) is 4.79 Å². The number of carbonyl (C=O) groups excluding carboxylic acids is 1. The van der Waals surface area contributed by atoms with Crippen molar-refractivity contribution in [3.05, 3.63) is 40.8 Å².